The molecular weight excluding hydrogens is 368 g/mol. The molecule has 2 aromatic heterocycles. The molecular formula is C11H9BrN2O4S2. The average molecular weight is 377 g/mol. The number of anilines is 1. The molecule has 0 aliphatic carbocycles. The van der Waals surface area contributed by atoms with Crippen molar-refractivity contribution in [2.45, 2.75) is 11.8 Å². The van der Waals surface area contributed by atoms with E-state index in [9.17, 15) is 13.2 Å². The first-order valence-corrected chi connectivity index (χ1v) is 8.43. The SMILES string of the molecule is Cc1nc(Br)ccc1NS(=O)(=O)c1csc(C(=O)O)c1. The highest BCUT2D eigenvalue weighted by atomic mass is 79.9. The van der Waals surface area contributed by atoms with E-state index in [1.165, 1.54) is 5.38 Å². The number of halogens is 1. The van der Waals surface area contributed by atoms with E-state index in [0.29, 0.717) is 16.0 Å². The van der Waals surface area contributed by atoms with E-state index in [1.54, 1.807) is 19.1 Å². The Morgan fingerprint density at radius 3 is 2.70 bits per heavy atom. The highest BCUT2D eigenvalue weighted by molar-refractivity contribution is 9.10. The topological polar surface area (TPSA) is 96.4 Å². The van der Waals surface area contributed by atoms with E-state index in [4.69, 9.17) is 5.11 Å². The van der Waals surface area contributed by atoms with Crippen LogP contribution in [0.25, 0.3) is 0 Å². The van der Waals surface area contributed by atoms with E-state index in [1.807, 2.05) is 0 Å². The Kier molecular flexibility index (Phi) is 4.11. The van der Waals surface area contributed by atoms with Gasteiger partial charge in [-0.3, -0.25) is 4.72 Å². The second kappa shape index (κ2) is 5.51. The molecule has 0 radical (unpaired) electrons. The van der Waals surface area contributed by atoms with Crippen molar-refractivity contribution in [2.75, 3.05) is 4.72 Å². The predicted octanol–water partition coefficient (Wildman–Crippen LogP) is 2.71. The van der Waals surface area contributed by atoms with Crippen molar-refractivity contribution >= 4 is 48.9 Å². The Balaban J connectivity index is 2.33. The van der Waals surface area contributed by atoms with Gasteiger partial charge in [-0.05, 0) is 41.1 Å². The number of nitrogens with zero attached hydrogens (tertiary/aromatic N) is 1. The Labute approximate surface area is 127 Å². The summed E-state index contributed by atoms with van der Waals surface area (Å²) in [6.45, 7) is 1.67. The summed E-state index contributed by atoms with van der Waals surface area (Å²) in [5.41, 5.74) is 0.855. The standard InChI is InChI=1S/C11H9BrN2O4S2/c1-6-8(2-3-10(12)13-6)14-20(17,18)7-4-9(11(15)16)19-5-7/h2-5,14H,1H3,(H,15,16). The number of carbonyl (C=O) groups is 1. The number of aromatic carboxylic acids is 1. The number of carboxylic acid groups (broad SMARTS) is 1. The zero-order valence-electron chi connectivity index (χ0n) is 10.1. The number of hydrogen-bond acceptors (Lipinski definition) is 5. The predicted molar refractivity (Wildman–Crippen MR) is 78.8 cm³/mol. The first kappa shape index (κ1) is 14.9. The van der Waals surface area contributed by atoms with Gasteiger partial charge in [0.15, 0.2) is 0 Å². The number of hydrogen-bond donors (Lipinski definition) is 2. The van der Waals surface area contributed by atoms with Crippen LogP contribution in [0.15, 0.2) is 33.1 Å². The first-order valence-electron chi connectivity index (χ1n) is 5.27. The highest BCUT2D eigenvalue weighted by Crippen LogP contribution is 2.24. The molecule has 0 bridgehead atoms. The van der Waals surface area contributed by atoms with E-state index >= 15 is 0 Å². The van der Waals surface area contributed by atoms with Gasteiger partial charge in [0.05, 0.1) is 16.3 Å². The molecule has 9 heteroatoms. The molecule has 0 saturated heterocycles. The van der Waals surface area contributed by atoms with Crippen LogP contribution in [0.2, 0.25) is 0 Å². The summed E-state index contributed by atoms with van der Waals surface area (Å²) in [6, 6.07) is 4.31. The Morgan fingerprint density at radius 1 is 1.45 bits per heavy atom. The van der Waals surface area contributed by atoms with Crippen molar-refractivity contribution < 1.29 is 18.3 Å². The molecule has 2 heterocycles. The summed E-state index contributed by atoms with van der Waals surface area (Å²) in [6.07, 6.45) is 0. The fourth-order valence-corrected chi connectivity index (χ4v) is 4.04. The van der Waals surface area contributed by atoms with Crippen LogP contribution >= 0.6 is 27.3 Å². The van der Waals surface area contributed by atoms with Crippen LogP contribution in [0.5, 0.6) is 0 Å². The zero-order chi connectivity index (χ0) is 14.9. The van der Waals surface area contributed by atoms with Gasteiger partial charge in [-0.25, -0.2) is 18.2 Å². The molecule has 0 atom stereocenters. The molecule has 0 fully saturated rings. The normalized spacial score (nSPS) is 11.3. The molecule has 0 aliphatic rings. The minimum absolute atomic E-state index is 0.0315. The largest absolute Gasteiger partial charge is 0.477 e. The molecule has 0 aliphatic heterocycles. The fraction of sp³-hybridized carbons (Fsp3) is 0.0909. The number of rotatable bonds is 4. The smallest absolute Gasteiger partial charge is 0.345 e. The summed E-state index contributed by atoms with van der Waals surface area (Å²) in [7, 11) is -3.82. The van der Waals surface area contributed by atoms with Crippen molar-refractivity contribution in [3.63, 3.8) is 0 Å². The molecule has 0 aromatic carbocycles. The monoisotopic (exact) mass is 376 g/mol. The summed E-state index contributed by atoms with van der Waals surface area (Å²) < 4.78 is 27.3. The van der Waals surface area contributed by atoms with Crippen molar-refractivity contribution in [1.29, 1.82) is 0 Å². The summed E-state index contributed by atoms with van der Waals surface area (Å²) in [4.78, 5) is 14.7. The molecule has 106 valence electrons. The third kappa shape index (κ3) is 3.17. The molecule has 0 amide bonds. The Hall–Kier alpha value is -1.45. The summed E-state index contributed by atoms with van der Waals surface area (Å²) in [5.74, 6) is -1.15. The molecule has 2 aromatic rings. The average Bonchev–Trinajstić information content (AvgIpc) is 2.83. The quantitative estimate of drug-likeness (QED) is 0.799. The third-order valence-electron chi connectivity index (χ3n) is 2.39. The maximum absolute atomic E-state index is 12.1. The van der Waals surface area contributed by atoms with Crippen molar-refractivity contribution in [1.82, 2.24) is 4.98 Å². The molecule has 0 unspecified atom stereocenters. The van der Waals surface area contributed by atoms with Gasteiger partial charge in [0.25, 0.3) is 10.0 Å². The van der Waals surface area contributed by atoms with Gasteiger partial charge in [-0.15, -0.1) is 11.3 Å². The summed E-state index contributed by atoms with van der Waals surface area (Å²) >= 11 is 4.05. The number of thiophene rings is 1. The number of carboxylic acids is 1. The van der Waals surface area contributed by atoms with Gasteiger partial charge >= 0.3 is 5.97 Å². The lowest BCUT2D eigenvalue weighted by molar-refractivity contribution is 0.0702. The maximum atomic E-state index is 12.1. The number of pyridine rings is 1. The van der Waals surface area contributed by atoms with Gasteiger partial charge in [0, 0.05) is 5.38 Å². The highest BCUT2D eigenvalue weighted by Gasteiger charge is 2.19. The van der Waals surface area contributed by atoms with Crippen molar-refractivity contribution in [3.8, 4) is 0 Å². The van der Waals surface area contributed by atoms with Crippen LogP contribution in [-0.2, 0) is 10.0 Å². The van der Waals surface area contributed by atoms with Crippen LogP contribution < -0.4 is 4.72 Å². The third-order valence-corrected chi connectivity index (χ3v) is 5.25. The van der Waals surface area contributed by atoms with Gasteiger partial charge in [-0.2, -0.15) is 0 Å². The second-order valence-electron chi connectivity index (χ2n) is 3.82. The van der Waals surface area contributed by atoms with Crippen LogP contribution in [0.4, 0.5) is 5.69 Å². The van der Waals surface area contributed by atoms with E-state index < -0.39 is 16.0 Å². The minimum atomic E-state index is -3.82. The molecule has 0 spiro atoms. The number of sulfonamides is 1. The van der Waals surface area contributed by atoms with Crippen LogP contribution in [0.1, 0.15) is 15.4 Å². The van der Waals surface area contributed by atoms with E-state index in [-0.39, 0.29) is 9.77 Å². The maximum Gasteiger partial charge on any atom is 0.345 e. The van der Waals surface area contributed by atoms with Gasteiger partial charge in [0.2, 0.25) is 0 Å². The van der Waals surface area contributed by atoms with Crippen LogP contribution in [-0.4, -0.2) is 24.5 Å². The van der Waals surface area contributed by atoms with E-state index in [0.717, 1.165) is 17.4 Å². The van der Waals surface area contributed by atoms with Crippen molar-refractivity contribution in [2.24, 2.45) is 0 Å². The minimum Gasteiger partial charge on any atom is -0.477 e. The number of aromatic nitrogens is 1. The zero-order valence-corrected chi connectivity index (χ0v) is 13.3. The molecule has 6 nitrogen and oxygen atoms in total. The molecule has 0 saturated carbocycles. The summed E-state index contributed by atoms with van der Waals surface area (Å²) in [5, 5.41) is 10.1. The Morgan fingerprint density at radius 2 is 2.15 bits per heavy atom. The lowest BCUT2D eigenvalue weighted by Crippen LogP contribution is -2.13. The van der Waals surface area contributed by atoms with Gasteiger partial charge in [0.1, 0.15) is 9.48 Å². The number of nitrogens with one attached hydrogen (secondary N) is 1. The lowest BCUT2D eigenvalue weighted by atomic mass is 10.3. The second-order valence-corrected chi connectivity index (χ2v) is 7.23. The molecule has 2 rings (SSSR count). The van der Waals surface area contributed by atoms with Crippen LogP contribution in [0.3, 0.4) is 0 Å². The van der Waals surface area contributed by atoms with Gasteiger partial charge in [-0.1, -0.05) is 0 Å². The Bertz CT molecular complexity index is 770. The first-order chi connectivity index (χ1) is 9.29. The fourth-order valence-electron chi connectivity index (χ4n) is 1.41. The van der Waals surface area contributed by atoms with E-state index in [2.05, 4.69) is 25.6 Å². The number of aryl methyl sites for hydroxylation is 1. The lowest BCUT2D eigenvalue weighted by Gasteiger charge is -2.08. The van der Waals surface area contributed by atoms with Gasteiger partial charge < -0.3 is 5.11 Å². The van der Waals surface area contributed by atoms with Crippen LogP contribution in [0, 0.1) is 6.92 Å². The molecule has 20 heavy (non-hydrogen) atoms. The van der Waals surface area contributed by atoms with Crippen molar-refractivity contribution in [3.05, 3.63) is 38.8 Å². The molecule has 2 N–H and O–H groups in total.